The fraction of sp³-hybridized carbons (Fsp3) is 0.200. The third-order valence-electron chi connectivity index (χ3n) is 2.40. The van der Waals surface area contributed by atoms with Crippen LogP contribution in [0.25, 0.3) is 0 Å². The van der Waals surface area contributed by atoms with Crippen molar-refractivity contribution >= 4 is 28.8 Å². The number of hydrogen-bond donors (Lipinski definition) is 2. The van der Waals surface area contributed by atoms with Gasteiger partial charge in [0.05, 0.1) is 6.54 Å². The van der Waals surface area contributed by atoms with Crippen LogP contribution in [0.5, 0.6) is 0 Å². The molecule has 0 amide bonds. The molecule has 0 saturated carbocycles. The third-order valence-corrected chi connectivity index (χ3v) is 3.71. The van der Waals surface area contributed by atoms with E-state index in [1.807, 2.05) is 17.5 Å². The highest BCUT2D eigenvalue weighted by atomic mass is 35.5. The van der Waals surface area contributed by atoms with Crippen molar-refractivity contribution in [2.75, 3.05) is 5.43 Å². The zero-order chi connectivity index (χ0) is 12.4. The van der Waals surface area contributed by atoms with Crippen molar-refractivity contribution in [3.8, 4) is 0 Å². The summed E-state index contributed by atoms with van der Waals surface area (Å²) < 4.78 is 1.52. The second-order valence-corrected chi connectivity index (χ2v) is 4.86. The number of nitrogens with one attached hydrogen (secondary N) is 1. The Morgan fingerprint density at radius 1 is 1.65 bits per heavy atom. The summed E-state index contributed by atoms with van der Waals surface area (Å²) in [6, 6.07) is 3.89. The van der Waals surface area contributed by atoms with Crippen LogP contribution in [0, 0.1) is 6.92 Å². The second-order valence-electron chi connectivity index (χ2n) is 3.45. The van der Waals surface area contributed by atoms with Gasteiger partial charge in [-0.15, -0.1) is 11.3 Å². The van der Waals surface area contributed by atoms with E-state index < -0.39 is 0 Å². The maximum atomic E-state index is 11.8. The summed E-state index contributed by atoms with van der Waals surface area (Å²) >= 11 is 7.63. The van der Waals surface area contributed by atoms with E-state index in [0.717, 1.165) is 4.88 Å². The van der Waals surface area contributed by atoms with Crippen molar-refractivity contribution in [3.05, 3.63) is 43.6 Å². The van der Waals surface area contributed by atoms with Crippen LogP contribution in [-0.2, 0) is 6.54 Å². The molecule has 7 heteroatoms. The predicted molar refractivity (Wildman–Crippen MR) is 69.5 cm³/mol. The van der Waals surface area contributed by atoms with Crippen molar-refractivity contribution < 1.29 is 0 Å². The van der Waals surface area contributed by atoms with Crippen LogP contribution in [0.3, 0.4) is 0 Å². The maximum absolute atomic E-state index is 11.8. The third kappa shape index (κ3) is 2.33. The van der Waals surface area contributed by atoms with Gasteiger partial charge in [0.2, 0.25) is 0 Å². The number of anilines is 1. The molecule has 3 N–H and O–H groups in total. The predicted octanol–water partition coefficient (Wildman–Crippen LogP) is 1.60. The van der Waals surface area contributed by atoms with Gasteiger partial charge < -0.3 is 5.43 Å². The molecule has 2 rings (SSSR count). The molecule has 0 aromatic carbocycles. The zero-order valence-corrected chi connectivity index (χ0v) is 10.7. The van der Waals surface area contributed by atoms with Gasteiger partial charge in [-0.1, -0.05) is 17.7 Å². The molecular formula is C10H11ClN4OS. The van der Waals surface area contributed by atoms with Crippen LogP contribution >= 0.6 is 22.9 Å². The number of nitrogens with two attached hydrogens (primary N) is 1. The number of rotatable bonds is 3. The quantitative estimate of drug-likeness (QED) is 0.656. The summed E-state index contributed by atoms with van der Waals surface area (Å²) in [5.74, 6) is 5.44. The van der Waals surface area contributed by atoms with Crippen LogP contribution in [0.2, 0.25) is 5.02 Å². The molecule has 17 heavy (non-hydrogen) atoms. The van der Waals surface area contributed by atoms with Crippen LogP contribution in [0.15, 0.2) is 22.3 Å². The van der Waals surface area contributed by atoms with Crippen molar-refractivity contribution in [1.29, 1.82) is 0 Å². The van der Waals surface area contributed by atoms with Crippen molar-refractivity contribution in [1.82, 2.24) is 9.55 Å². The number of hydrogen-bond acceptors (Lipinski definition) is 5. The Balaban J connectivity index is 2.48. The van der Waals surface area contributed by atoms with Gasteiger partial charge >= 0.3 is 5.69 Å². The van der Waals surface area contributed by atoms with Gasteiger partial charge in [0.15, 0.2) is 5.82 Å². The molecule has 0 saturated heterocycles. The van der Waals surface area contributed by atoms with Gasteiger partial charge in [-0.25, -0.2) is 10.6 Å². The summed E-state index contributed by atoms with van der Waals surface area (Å²) in [6.07, 6.45) is 0. The van der Waals surface area contributed by atoms with Crippen LogP contribution in [-0.4, -0.2) is 9.55 Å². The molecule has 0 atom stereocenters. The minimum absolute atomic E-state index is 0.205. The van der Waals surface area contributed by atoms with Gasteiger partial charge in [-0.05, 0) is 18.4 Å². The molecular weight excluding hydrogens is 260 g/mol. The van der Waals surface area contributed by atoms with E-state index >= 15 is 0 Å². The molecule has 2 heterocycles. The van der Waals surface area contributed by atoms with Crippen LogP contribution in [0.1, 0.15) is 10.6 Å². The molecule has 0 radical (unpaired) electrons. The van der Waals surface area contributed by atoms with Crippen molar-refractivity contribution in [2.45, 2.75) is 13.5 Å². The molecule has 5 nitrogen and oxygen atoms in total. The lowest BCUT2D eigenvalue weighted by atomic mass is 10.3. The van der Waals surface area contributed by atoms with Crippen LogP contribution in [0.4, 0.5) is 5.82 Å². The Bertz CT molecular complexity index is 579. The van der Waals surface area contributed by atoms with Crippen LogP contribution < -0.4 is 17.0 Å². The molecule has 0 spiro atoms. The van der Waals surface area contributed by atoms with Crippen molar-refractivity contribution in [2.24, 2.45) is 5.84 Å². The molecule has 0 aliphatic rings. The normalized spacial score (nSPS) is 10.5. The molecule has 90 valence electrons. The van der Waals surface area contributed by atoms with E-state index in [2.05, 4.69) is 10.4 Å². The zero-order valence-electron chi connectivity index (χ0n) is 9.11. The molecule has 2 aromatic heterocycles. The first-order chi connectivity index (χ1) is 8.13. The highest BCUT2D eigenvalue weighted by molar-refractivity contribution is 7.09. The fourth-order valence-electron chi connectivity index (χ4n) is 1.48. The molecule has 2 aromatic rings. The lowest BCUT2D eigenvalue weighted by Crippen LogP contribution is -2.28. The molecule has 0 aliphatic heterocycles. The monoisotopic (exact) mass is 270 g/mol. The number of aromatic nitrogens is 2. The largest absolute Gasteiger partial charge is 0.350 e. The van der Waals surface area contributed by atoms with E-state index in [9.17, 15) is 4.79 Å². The lowest BCUT2D eigenvalue weighted by molar-refractivity contribution is 0.709. The average molecular weight is 271 g/mol. The number of nitrogens with zero attached hydrogens (tertiary/aromatic N) is 2. The maximum Gasteiger partial charge on any atom is 0.350 e. The highest BCUT2D eigenvalue weighted by Crippen LogP contribution is 2.21. The first kappa shape index (κ1) is 12.1. The molecule has 0 aliphatic carbocycles. The topological polar surface area (TPSA) is 72.9 Å². The van der Waals surface area contributed by atoms with Gasteiger partial charge in [0.1, 0.15) is 5.02 Å². The average Bonchev–Trinajstić information content (AvgIpc) is 2.82. The Morgan fingerprint density at radius 2 is 2.41 bits per heavy atom. The molecule has 0 fully saturated rings. The summed E-state index contributed by atoms with van der Waals surface area (Å²) in [6.45, 7) is 2.24. The van der Waals surface area contributed by atoms with Gasteiger partial charge in [-0.3, -0.25) is 4.57 Å². The van der Waals surface area contributed by atoms with E-state index in [1.54, 1.807) is 18.3 Å². The molecule has 0 unspecified atom stereocenters. The Labute approximate surface area is 107 Å². The summed E-state index contributed by atoms with van der Waals surface area (Å²) in [7, 11) is 0. The Kier molecular flexibility index (Phi) is 3.46. The number of thiophene rings is 1. The highest BCUT2D eigenvalue weighted by Gasteiger charge is 2.12. The Morgan fingerprint density at radius 3 is 3.00 bits per heavy atom. The first-order valence-corrected chi connectivity index (χ1v) is 6.15. The van der Waals surface area contributed by atoms with Gasteiger partial charge in [0, 0.05) is 10.6 Å². The number of nitrogen functional groups attached to an aromatic ring is 1. The second kappa shape index (κ2) is 4.87. The van der Waals surface area contributed by atoms with Gasteiger partial charge in [-0.2, -0.15) is 4.98 Å². The van der Waals surface area contributed by atoms with E-state index in [4.69, 9.17) is 17.4 Å². The van der Waals surface area contributed by atoms with Gasteiger partial charge in [0.25, 0.3) is 0 Å². The minimum atomic E-state index is -0.367. The van der Waals surface area contributed by atoms with Crippen molar-refractivity contribution in [3.63, 3.8) is 0 Å². The summed E-state index contributed by atoms with van der Waals surface area (Å²) in [5, 5.41) is 2.32. The molecule has 0 bridgehead atoms. The Hall–Kier alpha value is -1.37. The van der Waals surface area contributed by atoms with E-state index in [-0.39, 0.29) is 11.5 Å². The summed E-state index contributed by atoms with van der Waals surface area (Å²) in [4.78, 5) is 16.6. The standard InChI is InChI=1S/C10H11ClN4OS/c1-6-8(11)9(14-12)13-10(16)15(6)5-7-3-2-4-17-7/h2-4H,5,12H2,1H3,(H,13,14,16). The summed E-state index contributed by atoms with van der Waals surface area (Å²) in [5.41, 5.74) is 2.59. The number of hydrazine groups is 1. The fourth-order valence-corrected chi connectivity index (χ4v) is 2.37. The minimum Gasteiger partial charge on any atom is -0.307 e. The number of halogens is 1. The van der Waals surface area contributed by atoms with E-state index in [1.165, 1.54) is 4.57 Å². The first-order valence-electron chi connectivity index (χ1n) is 4.89. The smallest absolute Gasteiger partial charge is 0.307 e. The lowest BCUT2D eigenvalue weighted by Gasteiger charge is -2.11. The SMILES string of the molecule is Cc1c(Cl)c(NN)nc(=O)n1Cc1cccs1. The van der Waals surface area contributed by atoms with E-state index in [0.29, 0.717) is 17.3 Å².